The number of hydrogen-bond acceptors (Lipinski definition) is 3. The summed E-state index contributed by atoms with van der Waals surface area (Å²) in [5.41, 5.74) is 7.67. The lowest BCUT2D eigenvalue weighted by Gasteiger charge is -2.11. The zero-order chi connectivity index (χ0) is 14.0. The summed E-state index contributed by atoms with van der Waals surface area (Å²) in [7, 11) is 0. The summed E-state index contributed by atoms with van der Waals surface area (Å²) in [4.78, 5) is 25.6. The van der Waals surface area contributed by atoms with Crippen LogP contribution in [0.4, 0.5) is 11.4 Å². The molecule has 0 bridgehead atoms. The van der Waals surface area contributed by atoms with Gasteiger partial charge in [0, 0.05) is 22.3 Å². The number of benzene rings is 1. The second-order valence-corrected chi connectivity index (χ2v) is 5.00. The van der Waals surface area contributed by atoms with Gasteiger partial charge in [0.15, 0.2) is 0 Å². The zero-order valence-corrected chi connectivity index (χ0v) is 11.7. The van der Waals surface area contributed by atoms with Gasteiger partial charge in [0.25, 0.3) is 5.91 Å². The first-order valence-electron chi connectivity index (χ1n) is 5.53. The Hall–Kier alpha value is -2.08. The monoisotopic (exact) mass is 321 g/mol. The summed E-state index contributed by atoms with van der Waals surface area (Å²) in [5, 5.41) is 2.71. The van der Waals surface area contributed by atoms with Gasteiger partial charge in [0.2, 0.25) is 5.56 Å². The van der Waals surface area contributed by atoms with Crippen molar-refractivity contribution in [3.63, 3.8) is 0 Å². The molecule has 0 aliphatic rings. The van der Waals surface area contributed by atoms with Crippen molar-refractivity contribution in [2.24, 2.45) is 0 Å². The summed E-state index contributed by atoms with van der Waals surface area (Å²) >= 11 is 3.33. The van der Waals surface area contributed by atoms with Crippen molar-refractivity contribution in [2.45, 2.75) is 6.92 Å². The van der Waals surface area contributed by atoms with Crippen LogP contribution in [0, 0.1) is 6.92 Å². The van der Waals surface area contributed by atoms with Crippen molar-refractivity contribution in [2.75, 3.05) is 11.1 Å². The van der Waals surface area contributed by atoms with Gasteiger partial charge in [-0.25, -0.2) is 0 Å². The standard InChI is InChI=1S/C13H12BrN3O2/c1-7-4-9(14)6-10(15)12(7)17-13(19)8-2-3-16-11(18)5-8/h2-6H,15H2,1H3,(H,16,18)(H,17,19). The van der Waals surface area contributed by atoms with E-state index < -0.39 is 0 Å². The van der Waals surface area contributed by atoms with Crippen LogP contribution in [0.25, 0.3) is 0 Å². The summed E-state index contributed by atoms with van der Waals surface area (Å²) < 4.78 is 0.844. The Bertz CT molecular complexity index is 671. The quantitative estimate of drug-likeness (QED) is 0.741. The minimum Gasteiger partial charge on any atom is -0.397 e. The van der Waals surface area contributed by atoms with Crippen molar-refractivity contribution in [1.29, 1.82) is 0 Å². The van der Waals surface area contributed by atoms with Crippen LogP contribution in [0.1, 0.15) is 15.9 Å². The van der Waals surface area contributed by atoms with Gasteiger partial charge >= 0.3 is 0 Å². The van der Waals surface area contributed by atoms with Gasteiger partial charge in [-0.05, 0) is 30.7 Å². The number of carbonyl (C=O) groups is 1. The largest absolute Gasteiger partial charge is 0.397 e. The van der Waals surface area contributed by atoms with Crippen molar-refractivity contribution in [3.05, 3.63) is 56.4 Å². The van der Waals surface area contributed by atoms with E-state index in [0.717, 1.165) is 10.0 Å². The average Bonchev–Trinajstić information content (AvgIpc) is 2.33. The molecule has 1 heterocycles. The number of aromatic nitrogens is 1. The Balaban J connectivity index is 2.32. The van der Waals surface area contributed by atoms with E-state index in [1.165, 1.54) is 18.3 Å². The molecule has 1 aromatic carbocycles. The molecule has 1 aromatic heterocycles. The van der Waals surface area contributed by atoms with Crippen LogP contribution in [0.2, 0.25) is 0 Å². The Morgan fingerprint density at radius 2 is 2.11 bits per heavy atom. The molecule has 2 aromatic rings. The number of hydrogen-bond donors (Lipinski definition) is 3. The molecule has 0 radical (unpaired) electrons. The number of aryl methyl sites for hydroxylation is 1. The molecule has 0 spiro atoms. The maximum Gasteiger partial charge on any atom is 0.255 e. The number of nitrogens with two attached hydrogens (primary N) is 1. The van der Waals surface area contributed by atoms with E-state index >= 15 is 0 Å². The fourth-order valence-corrected chi connectivity index (χ4v) is 2.30. The van der Waals surface area contributed by atoms with Crippen molar-refractivity contribution < 1.29 is 4.79 Å². The number of anilines is 2. The highest BCUT2D eigenvalue weighted by Gasteiger charge is 2.11. The average molecular weight is 322 g/mol. The minimum atomic E-state index is -0.372. The maximum absolute atomic E-state index is 12.0. The van der Waals surface area contributed by atoms with Crippen molar-refractivity contribution in [3.8, 4) is 0 Å². The number of rotatable bonds is 2. The summed E-state index contributed by atoms with van der Waals surface area (Å²) in [6.07, 6.45) is 1.43. The van der Waals surface area contributed by atoms with E-state index in [2.05, 4.69) is 26.2 Å². The van der Waals surface area contributed by atoms with Crippen LogP contribution in [0.15, 0.2) is 39.7 Å². The molecule has 4 N–H and O–H groups in total. The van der Waals surface area contributed by atoms with Crippen LogP contribution in [0.3, 0.4) is 0 Å². The number of carbonyl (C=O) groups excluding carboxylic acids is 1. The van der Waals surface area contributed by atoms with Crippen LogP contribution in [-0.2, 0) is 0 Å². The van der Waals surface area contributed by atoms with Gasteiger partial charge in [-0.15, -0.1) is 0 Å². The SMILES string of the molecule is Cc1cc(Br)cc(N)c1NC(=O)c1cc[nH]c(=O)c1. The number of aromatic amines is 1. The van der Waals surface area contributed by atoms with Gasteiger partial charge in [-0.3, -0.25) is 9.59 Å². The molecule has 98 valence electrons. The summed E-state index contributed by atoms with van der Waals surface area (Å²) in [6.45, 7) is 1.84. The molecule has 0 aliphatic heterocycles. The van der Waals surface area contributed by atoms with Crippen LogP contribution in [-0.4, -0.2) is 10.9 Å². The molecule has 5 nitrogen and oxygen atoms in total. The van der Waals surface area contributed by atoms with Crippen LogP contribution < -0.4 is 16.6 Å². The first-order valence-corrected chi connectivity index (χ1v) is 6.32. The fourth-order valence-electron chi connectivity index (χ4n) is 1.71. The van der Waals surface area contributed by atoms with Gasteiger partial charge in [0.1, 0.15) is 0 Å². The molecule has 19 heavy (non-hydrogen) atoms. The van der Waals surface area contributed by atoms with Crippen LogP contribution in [0.5, 0.6) is 0 Å². The highest BCUT2D eigenvalue weighted by Crippen LogP contribution is 2.28. The molecule has 6 heteroatoms. The van der Waals surface area contributed by atoms with Gasteiger partial charge in [0.05, 0.1) is 11.4 Å². The minimum absolute atomic E-state index is 0.283. The molecule has 0 unspecified atom stereocenters. The molecular weight excluding hydrogens is 310 g/mol. The maximum atomic E-state index is 12.0. The highest BCUT2D eigenvalue weighted by molar-refractivity contribution is 9.10. The van der Waals surface area contributed by atoms with Crippen LogP contribution >= 0.6 is 15.9 Å². The Morgan fingerprint density at radius 3 is 2.74 bits per heavy atom. The first kappa shape index (κ1) is 13.4. The van der Waals surface area contributed by atoms with Gasteiger partial charge in [-0.1, -0.05) is 15.9 Å². The molecule has 0 aliphatic carbocycles. The van der Waals surface area contributed by atoms with E-state index in [1.54, 1.807) is 6.07 Å². The molecule has 0 atom stereocenters. The Kier molecular flexibility index (Phi) is 3.71. The van der Waals surface area contributed by atoms with Gasteiger partial charge < -0.3 is 16.0 Å². The number of halogens is 1. The summed E-state index contributed by atoms with van der Waals surface area (Å²) in [6, 6.07) is 6.32. The summed E-state index contributed by atoms with van der Waals surface area (Å²) in [5.74, 6) is -0.372. The van der Waals surface area contributed by atoms with Crippen molar-refractivity contribution >= 4 is 33.2 Å². The van der Waals surface area contributed by atoms with E-state index in [0.29, 0.717) is 11.4 Å². The number of pyridine rings is 1. The lowest BCUT2D eigenvalue weighted by molar-refractivity contribution is 0.102. The van der Waals surface area contributed by atoms with E-state index in [1.807, 2.05) is 13.0 Å². The Morgan fingerprint density at radius 1 is 1.37 bits per heavy atom. The number of amides is 1. The molecule has 1 amide bonds. The third-order valence-electron chi connectivity index (χ3n) is 2.61. The Labute approximate surface area is 118 Å². The number of nitrogens with one attached hydrogen (secondary N) is 2. The number of nitrogen functional groups attached to an aromatic ring is 1. The predicted molar refractivity (Wildman–Crippen MR) is 78.3 cm³/mol. The first-order chi connectivity index (χ1) is 8.97. The zero-order valence-electron chi connectivity index (χ0n) is 10.2. The fraction of sp³-hybridized carbons (Fsp3) is 0.0769. The van der Waals surface area contributed by atoms with E-state index in [4.69, 9.17) is 5.73 Å². The smallest absolute Gasteiger partial charge is 0.255 e. The predicted octanol–water partition coefficient (Wildman–Crippen LogP) is 2.28. The van der Waals surface area contributed by atoms with Gasteiger partial charge in [-0.2, -0.15) is 0 Å². The number of H-pyrrole nitrogens is 1. The third-order valence-corrected chi connectivity index (χ3v) is 3.06. The lowest BCUT2D eigenvalue weighted by Crippen LogP contribution is -2.17. The molecule has 0 saturated heterocycles. The van der Waals surface area contributed by atoms with E-state index in [9.17, 15) is 9.59 Å². The van der Waals surface area contributed by atoms with Crippen molar-refractivity contribution in [1.82, 2.24) is 4.98 Å². The second-order valence-electron chi connectivity index (χ2n) is 4.08. The third kappa shape index (κ3) is 3.03. The molecule has 0 fully saturated rings. The molecular formula is C13H12BrN3O2. The topological polar surface area (TPSA) is 88.0 Å². The normalized spacial score (nSPS) is 10.2. The molecule has 0 saturated carbocycles. The highest BCUT2D eigenvalue weighted by atomic mass is 79.9. The second kappa shape index (κ2) is 5.27. The lowest BCUT2D eigenvalue weighted by atomic mass is 10.1. The molecule has 2 rings (SSSR count). The van der Waals surface area contributed by atoms with E-state index in [-0.39, 0.29) is 17.0 Å².